The lowest BCUT2D eigenvalue weighted by Crippen LogP contribution is -2.32. The number of anilines is 1. The van der Waals surface area contributed by atoms with Crippen LogP contribution in [-0.2, 0) is 10.0 Å². The zero-order valence-corrected chi connectivity index (χ0v) is 26.5. The number of amides is 1. The van der Waals surface area contributed by atoms with E-state index in [0.717, 1.165) is 41.7 Å². The molecule has 1 amide bonds. The van der Waals surface area contributed by atoms with Crippen molar-refractivity contribution in [2.45, 2.75) is 30.2 Å². The number of nitrogens with zero attached hydrogens (tertiary/aromatic N) is 2. The zero-order valence-electron chi connectivity index (χ0n) is 24.9. The van der Waals surface area contributed by atoms with Crippen LogP contribution in [0.1, 0.15) is 46.8 Å². The average molecular weight is 670 g/mol. The molecule has 0 saturated heterocycles. The van der Waals surface area contributed by atoms with Crippen molar-refractivity contribution < 1.29 is 32.2 Å². The number of hydrogen-bond acceptors (Lipinski definition) is 8. The largest absolute Gasteiger partial charge is 0.454 e. The van der Waals surface area contributed by atoms with Gasteiger partial charge >= 0.3 is 0 Å². The van der Waals surface area contributed by atoms with E-state index in [9.17, 15) is 13.2 Å². The first-order chi connectivity index (χ1) is 22.8. The summed E-state index contributed by atoms with van der Waals surface area (Å²) in [6.45, 7) is 0.323. The Morgan fingerprint density at radius 1 is 0.872 bits per heavy atom. The van der Waals surface area contributed by atoms with Gasteiger partial charge in [-0.05, 0) is 109 Å². The molecule has 0 radical (unpaired) electrons. The second kappa shape index (κ2) is 11.7. The summed E-state index contributed by atoms with van der Waals surface area (Å²) in [7, 11) is -4.01. The summed E-state index contributed by atoms with van der Waals surface area (Å²) < 4.78 is 51.5. The number of hydrogen-bond donors (Lipinski definition) is 1. The molecule has 0 aromatic heterocycles. The van der Waals surface area contributed by atoms with E-state index in [1.54, 1.807) is 36.4 Å². The standard InChI is InChI=1S/C35H28ClN3O7S/c36-25-9-11-26(12-10-25)38-47(41,42)27-5-1-4-24(17-27)35(40)39-34(23-8-14-30-32(18-23)46-20-44-30)28-6-2-3-22(33(28)37-39)15-21-7-13-29-31(16-21)45-19-43-29/h1,4-5,7-18,28,34,38H,2-3,6,19-20H2/b22-15-/t28-,34+/m1/s1. The third-order valence-electron chi connectivity index (χ3n) is 8.67. The third kappa shape index (κ3) is 5.55. The summed E-state index contributed by atoms with van der Waals surface area (Å²) in [4.78, 5) is 14.3. The Hall–Kier alpha value is -5.00. The lowest BCUT2D eigenvalue weighted by atomic mass is 9.77. The number of carbonyl (C=O) groups excluding carboxylic acids is 1. The molecule has 8 rings (SSSR count). The third-order valence-corrected chi connectivity index (χ3v) is 10.3. The van der Waals surface area contributed by atoms with E-state index in [1.165, 1.54) is 17.1 Å². The lowest BCUT2D eigenvalue weighted by Gasteiger charge is -2.30. The Bertz CT molecular complexity index is 2080. The predicted molar refractivity (Wildman–Crippen MR) is 175 cm³/mol. The molecule has 12 heteroatoms. The minimum atomic E-state index is -4.01. The summed E-state index contributed by atoms with van der Waals surface area (Å²) in [5.74, 6) is 2.14. The summed E-state index contributed by atoms with van der Waals surface area (Å²) in [6.07, 6.45) is 4.61. The van der Waals surface area contributed by atoms with Crippen LogP contribution >= 0.6 is 11.6 Å². The van der Waals surface area contributed by atoms with Crippen LogP contribution in [0.15, 0.2) is 100 Å². The maximum absolute atomic E-state index is 14.4. The molecule has 238 valence electrons. The molecule has 10 nitrogen and oxygen atoms in total. The number of fused-ring (bicyclic) bond motifs is 3. The molecule has 4 aromatic carbocycles. The molecular weight excluding hydrogens is 642 g/mol. The van der Waals surface area contributed by atoms with Crippen molar-refractivity contribution in [3.63, 3.8) is 0 Å². The number of ether oxygens (including phenoxy) is 4. The van der Waals surface area contributed by atoms with Crippen LogP contribution in [0.4, 0.5) is 5.69 Å². The number of carbonyl (C=O) groups is 1. The molecule has 47 heavy (non-hydrogen) atoms. The van der Waals surface area contributed by atoms with Gasteiger partial charge in [0.15, 0.2) is 23.0 Å². The number of sulfonamides is 1. The van der Waals surface area contributed by atoms with Gasteiger partial charge in [-0.25, -0.2) is 13.4 Å². The molecule has 4 aromatic rings. The van der Waals surface area contributed by atoms with Gasteiger partial charge in [0.1, 0.15) is 0 Å². The van der Waals surface area contributed by atoms with E-state index in [4.69, 9.17) is 35.6 Å². The monoisotopic (exact) mass is 669 g/mol. The topological polar surface area (TPSA) is 116 Å². The summed E-state index contributed by atoms with van der Waals surface area (Å²) in [6, 6.07) is 23.4. The molecule has 1 N–H and O–H groups in total. The molecule has 1 fully saturated rings. The lowest BCUT2D eigenvalue weighted by molar-refractivity contribution is 0.0680. The first-order valence-electron chi connectivity index (χ1n) is 15.1. The second-order valence-electron chi connectivity index (χ2n) is 11.6. The molecule has 0 spiro atoms. The highest BCUT2D eigenvalue weighted by atomic mass is 35.5. The Morgan fingerprint density at radius 3 is 2.38 bits per heavy atom. The molecule has 4 aliphatic rings. The number of rotatable bonds is 6. The average Bonchev–Trinajstić information content (AvgIpc) is 3.84. The Kier molecular flexibility index (Phi) is 7.30. The van der Waals surface area contributed by atoms with E-state index in [0.29, 0.717) is 33.7 Å². The van der Waals surface area contributed by atoms with Gasteiger partial charge in [-0.2, -0.15) is 5.10 Å². The molecule has 3 aliphatic heterocycles. The second-order valence-corrected chi connectivity index (χ2v) is 13.7. The SMILES string of the molecule is O=C(c1cccc(S(=O)(=O)Nc2ccc(Cl)cc2)c1)N1N=C2/C(=C\c3ccc4c(c3)OCO4)CCC[C@H]2[C@@H]1c1ccc2c(c1)OCO2. The summed E-state index contributed by atoms with van der Waals surface area (Å²) >= 11 is 5.96. The zero-order chi connectivity index (χ0) is 32.1. The normalized spacial score (nSPS) is 20.2. The van der Waals surface area contributed by atoms with Crippen LogP contribution in [0.3, 0.4) is 0 Å². The Balaban J connectivity index is 1.16. The fraction of sp³-hybridized carbons (Fsp3) is 0.200. The minimum Gasteiger partial charge on any atom is -0.454 e. The maximum Gasteiger partial charge on any atom is 0.274 e. The molecule has 1 saturated carbocycles. The van der Waals surface area contributed by atoms with Crippen molar-refractivity contribution >= 4 is 45.0 Å². The van der Waals surface area contributed by atoms with Crippen molar-refractivity contribution in [2.75, 3.05) is 18.3 Å². The van der Waals surface area contributed by atoms with Gasteiger partial charge < -0.3 is 18.9 Å². The highest BCUT2D eigenvalue weighted by Gasteiger charge is 2.44. The number of allylic oxidation sites excluding steroid dienone is 1. The summed E-state index contributed by atoms with van der Waals surface area (Å²) in [5, 5.41) is 6.96. The molecule has 1 aliphatic carbocycles. The Labute approximate surface area is 276 Å². The van der Waals surface area contributed by atoms with Crippen molar-refractivity contribution in [1.82, 2.24) is 5.01 Å². The van der Waals surface area contributed by atoms with Crippen LogP contribution in [0.5, 0.6) is 23.0 Å². The first-order valence-corrected chi connectivity index (χ1v) is 17.0. The smallest absolute Gasteiger partial charge is 0.274 e. The highest BCUT2D eigenvalue weighted by Crippen LogP contribution is 2.47. The van der Waals surface area contributed by atoms with Gasteiger partial charge in [0.2, 0.25) is 13.6 Å². The fourth-order valence-corrected chi connectivity index (χ4v) is 7.69. The van der Waals surface area contributed by atoms with Crippen molar-refractivity contribution in [1.29, 1.82) is 0 Å². The van der Waals surface area contributed by atoms with Crippen molar-refractivity contribution in [3.8, 4) is 23.0 Å². The van der Waals surface area contributed by atoms with Gasteiger partial charge in [0.25, 0.3) is 15.9 Å². The van der Waals surface area contributed by atoms with Gasteiger partial charge in [-0.3, -0.25) is 9.52 Å². The number of nitrogens with one attached hydrogen (secondary N) is 1. The van der Waals surface area contributed by atoms with E-state index >= 15 is 0 Å². The van der Waals surface area contributed by atoms with Gasteiger partial charge in [0.05, 0.1) is 16.6 Å². The molecule has 2 atom stereocenters. The Morgan fingerprint density at radius 2 is 1.60 bits per heavy atom. The minimum absolute atomic E-state index is 0.0504. The van der Waals surface area contributed by atoms with Crippen LogP contribution in [0.2, 0.25) is 5.02 Å². The molecule has 3 heterocycles. The fourth-order valence-electron chi connectivity index (χ4n) is 6.46. The quantitative estimate of drug-likeness (QED) is 0.234. The van der Waals surface area contributed by atoms with E-state index in [1.807, 2.05) is 36.4 Å². The van der Waals surface area contributed by atoms with Crippen molar-refractivity contribution in [2.24, 2.45) is 11.0 Å². The van der Waals surface area contributed by atoms with Crippen LogP contribution < -0.4 is 23.7 Å². The van der Waals surface area contributed by atoms with Crippen LogP contribution in [-0.4, -0.2) is 38.6 Å². The molecular formula is C35H28ClN3O7S. The predicted octanol–water partition coefficient (Wildman–Crippen LogP) is 7.04. The molecule has 0 unspecified atom stereocenters. The van der Waals surface area contributed by atoms with E-state index < -0.39 is 22.0 Å². The van der Waals surface area contributed by atoms with Gasteiger partial charge in [-0.15, -0.1) is 0 Å². The first kappa shape index (κ1) is 29.4. The number of halogens is 1. The summed E-state index contributed by atoms with van der Waals surface area (Å²) in [5.41, 5.74) is 4.21. The van der Waals surface area contributed by atoms with Crippen molar-refractivity contribution in [3.05, 3.63) is 112 Å². The van der Waals surface area contributed by atoms with E-state index in [-0.39, 0.29) is 30.0 Å². The maximum atomic E-state index is 14.4. The van der Waals surface area contributed by atoms with E-state index in [2.05, 4.69) is 10.8 Å². The van der Waals surface area contributed by atoms with Gasteiger partial charge in [-0.1, -0.05) is 29.8 Å². The number of benzene rings is 4. The molecule has 0 bridgehead atoms. The van der Waals surface area contributed by atoms with Crippen LogP contribution in [0, 0.1) is 5.92 Å². The van der Waals surface area contributed by atoms with Crippen LogP contribution in [0.25, 0.3) is 6.08 Å². The van der Waals surface area contributed by atoms with Gasteiger partial charge in [0, 0.05) is 22.2 Å². The number of hydrazone groups is 1. The highest BCUT2D eigenvalue weighted by molar-refractivity contribution is 7.92.